The monoisotopic (exact) mass is 504 g/mol. The molecule has 0 unspecified atom stereocenters. The fourth-order valence-corrected chi connectivity index (χ4v) is 9.33. The van der Waals surface area contributed by atoms with Gasteiger partial charge in [-0.25, -0.2) is 4.98 Å². The number of amides is 1. The van der Waals surface area contributed by atoms with Gasteiger partial charge in [-0.15, -0.1) is 11.8 Å². The minimum Gasteiger partial charge on any atom is -0.302 e. The normalized spacial score (nSPS) is 21.6. The summed E-state index contributed by atoms with van der Waals surface area (Å²) in [4.78, 5) is 17.6. The highest BCUT2D eigenvalue weighted by atomic mass is 32.2. The standard InChI is InChI=1S/C29H48N2OS2/c1-22-28(33-21-20-23-12-6-2-3-7-13-23)34-29(30-22)31-27(32)19-18-26(24-14-8-4-9-15-24)25-16-10-5-11-17-25/h23-26H,2-21H2,1H3,(H,30,31,32). The lowest BCUT2D eigenvalue weighted by atomic mass is 9.68. The van der Waals surface area contributed by atoms with Crippen molar-refractivity contribution in [3.8, 4) is 0 Å². The predicted molar refractivity (Wildman–Crippen MR) is 148 cm³/mol. The molecule has 1 amide bonds. The Balaban J connectivity index is 1.23. The van der Waals surface area contributed by atoms with Gasteiger partial charge in [0.25, 0.3) is 0 Å². The molecule has 1 aromatic heterocycles. The van der Waals surface area contributed by atoms with Crippen molar-refractivity contribution in [3.63, 3.8) is 0 Å². The maximum atomic E-state index is 12.9. The van der Waals surface area contributed by atoms with Crippen LogP contribution < -0.4 is 5.32 Å². The van der Waals surface area contributed by atoms with Crippen LogP contribution in [0.1, 0.15) is 128 Å². The molecule has 0 aromatic carbocycles. The number of aryl methyl sites for hydroxylation is 1. The Bertz CT molecular complexity index is 710. The van der Waals surface area contributed by atoms with E-state index >= 15 is 0 Å². The van der Waals surface area contributed by atoms with Gasteiger partial charge < -0.3 is 5.32 Å². The number of thiazole rings is 1. The number of hydrogen-bond donors (Lipinski definition) is 1. The van der Waals surface area contributed by atoms with Gasteiger partial charge in [-0.1, -0.05) is 114 Å². The van der Waals surface area contributed by atoms with Crippen LogP contribution in [0.25, 0.3) is 0 Å². The van der Waals surface area contributed by atoms with Gasteiger partial charge >= 0.3 is 0 Å². The average Bonchev–Trinajstić information content (AvgIpc) is 3.03. The first-order valence-electron chi connectivity index (χ1n) is 14.6. The van der Waals surface area contributed by atoms with Crippen molar-refractivity contribution in [2.45, 2.75) is 133 Å². The number of rotatable bonds is 10. The molecule has 3 aliphatic carbocycles. The zero-order valence-electron chi connectivity index (χ0n) is 21.6. The molecule has 192 valence electrons. The highest BCUT2D eigenvalue weighted by Crippen LogP contribution is 2.42. The molecule has 3 nitrogen and oxygen atoms in total. The van der Waals surface area contributed by atoms with Crippen molar-refractivity contribution in [2.75, 3.05) is 11.1 Å². The molecule has 0 radical (unpaired) electrons. The van der Waals surface area contributed by atoms with Crippen molar-refractivity contribution in [3.05, 3.63) is 5.69 Å². The van der Waals surface area contributed by atoms with Gasteiger partial charge in [-0.3, -0.25) is 4.79 Å². The van der Waals surface area contributed by atoms with Crippen molar-refractivity contribution < 1.29 is 4.79 Å². The molecular formula is C29H48N2OS2. The molecule has 3 fully saturated rings. The topological polar surface area (TPSA) is 42.0 Å². The van der Waals surface area contributed by atoms with Crippen molar-refractivity contribution in [1.29, 1.82) is 0 Å². The van der Waals surface area contributed by atoms with Crippen LogP contribution in [-0.2, 0) is 4.79 Å². The van der Waals surface area contributed by atoms with Gasteiger partial charge in [-0.05, 0) is 49.2 Å². The first-order valence-corrected chi connectivity index (χ1v) is 16.4. The van der Waals surface area contributed by atoms with Crippen LogP contribution >= 0.6 is 23.1 Å². The lowest BCUT2D eigenvalue weighted by Gasteiger charge is -2.38. The second-order valence-electron chi connectivity index (χ2n) is 11.4. The number of carbonyl (C=O) groups is 1. The molecule has 3 saturated carbocycles. The number of hydrogen-bond acceptors (Lipinski definition) is 4. The largest absolute Gasteiger partial charge is 0.302 e. The second kappa shape index (κ2) is 14.3. The summed E-state index contributed by atoms with van der Waals surface area (Å²) >= 11 is 3.64. The number of nitrogens with zero attached hydrogens (tertiary/aromatic N) is 1. The highest BCUT2D eigenvalue weighted by molar-refractivity contribution is 8.01. The van der Waals surface area contributed by atoms with E-state index in [1.165, 1.54) is 119 Å². The quantitative estimate of drug-likeness (QED) is 0.255. The van der Waals surface area contributed by atoms with Crippen molar-refractivity contribution >= 4 is 34.1 Å². The van der Waals surface area contributed by atoms with Crippen molar-refractivity contribution in [2.24, 2.45) is 23.7 Å². The van der Waals surface area contributed by atoms with E-state index in [0.717, 1.165) is 40.9 Å². The molecule has 0 atom stereocenters. The summed E-state index contributed by atoms with van der Waals surface area (Å²) in [6.45, 7) is 2.10. The Morgan fingerprint density at radius 3 is 2.09 bits per heavy atom. The van der Waals surface area contributed by atoms with E-state index < -0.39 is 0 Å². The Morgan fingerprint density at radius 2 is 1.47 bits per heavy atom. The third kappa shape index (κ3) is 8.25. The molecule has 5 heteroatoms. The molecule has 0 spiro atoms. The maximum Gasteiger partial charge on any atom is 0.226 e. The summed E-state index contributed by atoms with van der Waals surface area (Å²) in [5.74, 6) is 4.78. The zero-order valence-corrected chi connectivity index (χ0v) is 23.3. The van der Waals surface area contributed by atoms with Gasteiger partial charge in [0.15, 0.2) is 5.13 Å². The van der Waals surface area contributed by atoms with E-state index in [4.69, 9.17) is 4.98 Å². The smallest absolute Gasteiger partial charge is 0.226 e. The first kappa shape index (κ1) is 26.5. The molecule has 1 heterocycles. The van der Waals surface area contributed by atoms with Gasteiger partial charge in [0, 0.05) is 6.42 Å². The summed E-state index contributed by atoms with van der Waals surface area (Å²) in [6.07, 6.45) is 25.7. The molecule has 4 rings (SSSR count). The average molecular weight is 505 g/mol. The number of carbonyl (C=O) groups excluding carboxylic acids is 1. The molecule has 1 N–H and O–H groups in total. The summed E-state index contributed by atoms with van der Waals surface area (Å²) < 4.78 is 1.30. The van der Waals surface area contributed by atoms with Crippen LogP contribution in [0, 0.1) is 30.6 Å². The molecule has 0 bridgehead atoms. The Labute approximate surface area is 217 Å². The maximum absolute atomic E-state index is 12.9. The molecule has 0 saturated heterocycles. The summed E-state index contributed by atoms with van der Waals surface area (Å²) in [6, 6.07) is 0. The summed E-state index contributed by atoms with van der Waals surface area (Å²) in [5.41, 5.74) is 1.09. The van der Waals surface area contributed by atoms with Crippen LogP contribution in [0.5, 0.6) is 0 Å². The van der Waals surface area contributed by atoms with E-state index in [9.17, 15) is 4.79 Å². The minimum absolute atomic E-state index is 0.181. The SMILES string of the molecule is Cc1nc(NC(=O)CCC(C2CCCCC2)C2CCCCC2)sc1SCCC1CCCCCC1. The lowest BCUT2D eigenvalue weighted by Crippen LogP contribution is -2.28. The predicted octanol–water partition coefficient (Wildman–Crippen LogP) is 9.40. The van der Waals surface area contributed by atoms with Crippen molar-refractivity contribution in [1.82, 2.24) is 4.98 Å². The number of nitrogens with one attached hydrogen (secondary N) is 1. The molecular weight excluding hydrogens is 456 g/mol. The minimum atomic E-state index is 0.181. The van der Waals surface area contributed by atoms with Crippen LogP contribution in [0.2, 0.25) is 0 Å². The Morgan fingerprint density at radius 1 is 0.912 bits per heavy atom. The summed E-state index contributed by atoms with van der Waals surface area (Å²) in [7, 11) is 0. The van der Waals surface area contributed by atoms with E-state index in [2.05, 4.69) is 12.2 Å². The van der Waals surface area contributed by atoms with E-state index in [0.29, 0.717) is 6.42 Å². The third-order valence-electron chi connectivity index (χ3n) is 8.95. The lowest BCUT2D eigenvalue weighted by molar-refractivity contribution is -0.116. The van der Waals surface area contributed by atoms with Gasteiger partial charge in [-0.2, -0.15) is 0 Å². The van der Waals surface area contributed by atoms with Crippen LogP contribution in [0.15, 0.2) is 4.21 Å². The summed E-state index contributed by atoms with van der Waals surface area (Å²) in [5, 5.41) is 3.98. The zero-order chi connectivity index (χ0) is 23.6. The van der Waals surface area contributed by atoms with E-state index in [1.807, 2.05) is 11.8 Å². The number of aromatic nitrogens is 1. The third-order valence-corrected chi connectivity index (χ3v) is 11.4. The molecule has 34 heavy (non-hydrogen) atoms. The van der Waals surface area contributed by atoms with E-state index in [1.54, 1.807) is 11.3 Å². The second-order valence-corrected chi connectivity index (χ2v) is 13.8. The van der Waals surface area contributed by atoms with Gasteiger partial charge in [0.1, 0.15) is 0 Å². The van der Waals surface area contributed by atoms with Crippen LogP contribution in [0.4, 0.5) is 5.13 Å². The fraction of sp³-hybridized carbons (Fsp3) is 0.862. The van der Waals surface area contributed by atoms with Crippen LogP contribution in [0.3, 0.4) is 0 Å². The van der Waals surface area contributed by atoms with E-state index in [-0.39, 0.29) is 5.91 Å². The molecule has 3 aliphatic rings. The fourth-order valence-electron chi connectivity index (χ4n) is 7.00. The van der Waals surface area contributed by atoms with Gasteiger partial charge in [0.2, 0.25) is 5.91 Å². The first-order chi connectivity index (χ1) is 16.7. The van der Waals surface area contributed by atoms with Gasteiger partial charge in [0.05, 0.1) is 9.90 Å². The Kier molecular flexibility index (Phi) is 11.1. The number of thioether (sulfide) groups is 1. The Hall–Kier alpha value is -0.550. The van der Waals surface area contributed by atoms with Crippen LogP contribution in [-0.4, -0.2) is 16.6 Å². The molecule has 1 aromatic rings. The molecule has 0 aliphatic heterocycles. The highest BCUT2D eigenvalue weighted by Gasteiger charge is 2.31. The number of anilines is 1.